The van der Waals surface area contributed by atoms with Gasteiger partial charge in [0, 0.05) is 47.7 Å². The minimum Gasteiger partial charge on any atom is -0.492 e. The van der Waals surface area contributed by atoms with E-state index in [4.69, 9.17) is 9.47 Å². The molecule has 1 fully saturated rings. The Balaban J connectivity index is 1.50. The largest absolute Gasteiger partial charge is 0.492 e. The van der Waals surface area contributed by atoms with Crippen LogP contribution >= 0.6 is 0 Å². The van der Waals surface area contributed by atoms with Crippen molar-refractivity contribution in [1.82, 2.24) is 4.90 Å². The zero-order valence-electron chi connectivity index (χ0n) is 16.4. The first-order valence-corrected chi connectivity index (χ1v) is 9.82. The molecule has 30 heavy (non-hydrogen) atoms. The number of anilines is 1. The molecule has 1 saturated heterocycles. The molecule has 0 saturated carbocycles. The molecule has 0 atom stereocenters. The summed E-state index contributed by atoms with van der Waals surface area (Å²) in [6.07, 6.45) is 0. The van der Waals surface area contributed by atoms with Crippen LogP contribution in [0.3, 0.4) is 0 Å². The maximum atomic E-state index is 13.4. The monoisotopic (exact) mass is 412 g/mol. The molecule has 1 heterocycles. The summed E-state index contributed by atoms with van der Waals surface area (Å²) in [5, 5.41) is 4.37. The zero-order chi connectivity index (χ0) is 20.9. The van der Waals surface area contributed by atoms with E-state index in [0.717, 1.165) is 61.8 Å². The number of hydrogen-bond acceptors (Lipinski definition) is 4. The zero-order valence-corrected chi connectivity index (χ0v) is 16.4. The van der Waals surface area contributed by atoms with Crippen molar-refractivity contribution in [1.29, 1.82) is 0 Å². The average Bonchev–Trinajstić information content (AvgIpc) is 2.75. The minimum absolute atomic E-state index is 0.0811. The number of fused-ring (bicyclic) bond motifs is 1. The van der Waals surface area contributed by atoms with E-state index in [1.807, 2.05) is 24.3 Å². The van der Waals surface area contributed by atoms with Crippen molar-refractivity contribution in [2.75, 3.05) is 44.8 Å². The van der Waals surface area contributed by atoms with Gasteiger partial charge in [-0.25, -0.2) is 8.78 Å². The smallest absolute Gasteiger partial charge is 0.255 e. The van der Waals surface area contributed by atoms with Crippen LogP contribution in [0.1, 0.15) is 10.4 Å². The van der Waals surface area contributed by atoms with Gasteiger partial charge in [0.1, 0.15) is 24.0 Å². The number of benzene rings is 3. The van der Waals surface area contributed by atoms with Crippen molar-refractivity contribution in [2.24, 2.45) is 0 Å². The van der Waals surface area contributed by atoms with Gasteiger partial charge in [-0.2, -0.15) is 0 Å². The second-order valence-electron chi connectivity index (χ2n) is 7.07. The van der Waals surface area contributed by atoms with Crippen LogP contribution in [0.15, 0.2) is 54.6 Å². The Kier molecular flexibility index (Phi) is 6.21. The first-order valence-electron chi connectivity index (χ1n) is 9.82. The van der Waals surface area contributed by atoms with Crippen molar-refractivity contribution in [3.8, 4) is 5.75 Å². The van der Waals surface area contributed by atoms with Crippen LogP contribution < -0.4 is 10.1 Å². The molecule has 0 radical (unpaired) electrons. The highest BCUT2D eigenvalue weighted by Crippen LogP contribution is 2.32. The van der Waals surface area contributed by atoms with Gasteiger partial charge in [0.2, 0.25) is 0 Å². The number of nitrogens with one attached hydrogen (secondary N) is 1. The van der Waals surface area contributed by atoms with Crippen LogP contribution in [0.5, 0.6) is 5.75 Å². The molecule has 0 spiro atoms. The lowest BCUT2D eigenvalue weighted by molar-refractivity contribution is 0.0323. The van der Waals surface area contributed by atoms with Gasteiger partial charge < -0.3 is 14.8 Å². The summed E-state index contributed by atoms with van der Waals surface area (Å²) in [7, 11) is 0. The number of nitrogens with zero attached hydrogens (tertiary/aromatic N) is 1. The van der Waals surface area contributed by atoms with E-state index >= 15 is 0 Å². The Labute approximate surface area is 173 Å². The average molecular weight is 412 g/mol. The third-order valence-electron chi connectivity index (χ3n) is 5.03. The number of carbonyl (C=O) groups is 1. The molecule has 1 aliphatic rings. The van der Waals surface area contributed by atoms with Gasteiger partial charge in [0.15, 0.2) is 0 Å². The summed E-state index contributed by atoms with van der Waals surface area (Å²) in [6.45, 7) is 4.63. The Morgan fingerprint density at radius 3 is 2.43 bits per heavy atom. The fraction of sp³-hybridized carbons (Fsp3) is 0.261. The number of rotatable bonds is 6. The molecule has 0 unspecified atom stereocenters. The third kappa shape index (κ3) is 4.75. The molecule has 5 nitrogen and oxygen atoms in total. The summed E-state index contributed by atoms with van der Waals surface area (Å²) in [5.74, 6) is -1.46. The SMILES string of the molecule is O=C(Nc1ccc(OCCN2CCOCC2)c2ccccc12)c1cc(F)cc(F)c1. The fourth-order valence-corrected chi connectivity index (χ4v) is 3.50. The highest BCUT2D eigenvalue weighted by molar-refractivity contribution is 6.10. The van der Waals surface area contributed by atoms with Gasteiger partial charge in [0.05, 0.1) is 13.2 Å². The molecule has 1 amide bonds. The summed E-state index contributed by atoms with van der Waals surface area (Å²) in [4.78, 5) is 14.8. The van der Waals surface area contributed by atoms with Gasteiger partial charge in [-0.05, 0) is 24.3 Å². The molecular formula is C23H22F2N2O3. The Bertz CT molecular complexity index is 1030. The summed E-state index contributed by atoms with van der Waals surface area (Å²) < 4.78 is 38.2. The third-order valence-corrected chi connectivity index (χ3v) is 5.03. The fourth-order valence-electron chi connectivity index (χ4n) is 3.50. The van der Waals surface area contributed by atoms with Crippen molar-refractivity contribution in [2.45, 2.75) is 0 Å². The van der Waals surface area contributed by atoms with Gasteiger partial charge in [-0.3, -0.25) is 9.69 Å². The highest BCUT2D eigenvalue weighted by atomic mass is 19.1. The second-order valence-corrected chi connectivity index (χ2v) is 7.07. The number of amides is 1. The van der Waals surface area contributed by atoms with Gasteiger partial charge in [0.25, 0.3) is 5.91 Å². The summed E-state index contributed by atoms with van der Waals surface area (Å²) in [6, 6.07) is 13.8. The van der Waals surface area contributed by atoms with E-state index in [0.29, 0.717) is 18.0 Å². The molecule has 1 N–H and O–H groups in total. The molecule has 0 bridgehead atoms. The molecule has 1 aliphatic heterocycles. The lowest BCUT2D eigenvalue weighted by Crippen LogP contribution is -2.38. The topological polar surface area (TPSA) is 50.8 Å². The predicted octanol–water partition coefficient (Wildman–Crippen LogP) is 4.08. The van der Waals surface area contributed by atoms with Crippen LogP contribution in [0, 0.1) is 11.6 Å². The number of carbonyl (C=O) groups excluding carboxylic acids is 1. The van der Waals surface area contributed by atoms with E-state index in [1.165, 1.54) is 0 Å². The number of halogens is 2. The van der Waals surface area contributed by atoms with Crippen LogP contribution in [0.25, 0.3) is 10.8 Å². The first-order chi connectivity index (χ1) is 14.6. The van der Waals surface area contributed by atoms with E-state index in [-0.39, 0.29) is 5.56 Å². The number of morpholine rings is 1. The molecule has 7 heteroatoms. The van der Waals surface area contributed by atoms with Gasteiger partial charge >= 0.3 is 0 Å². The molecule has 3 aromatic carbocycles. The van der Waals surface area contributed by atoms with Gasteiger partial charge in [-0.1, -0.05) is 24.3 Å². The first kappa shape index (κ1) is 20.3. The van der Waals surface area contributed by atoms with Crippen molar-refractivity contribution in [3.05, 3.63) is 71.8 Å². The minimum atomic E-state index is -0.797. The van der Waals surface area contributed by atoms with E-state index < -0.39 is 17.5 Å². The number of ether oxygens (including phenoxy) is 2. The van der Waals surface area contributed by atoms with E-state index in [9.17, 15) is 13.6 Å². The Morgan fingerprint density at radius 1 is 1.00 bits per heavy atom. The molecule has 0 aliphatic carbocycles. The quantitative estimate of drug-likeness (QED) is 0.663. The molecule has 156 valence electrons. The van der Waals surface area contributed by atoms with Crippen molar-refractivity contribution >= 4 is 22.4 Å². The second kappa shape index (κ2) is 9.19. The van der Waals surface area contributed by atoms with Crippen molar-refractivity contribution in [3.63, 3.8) is 0 Å². The van der Waals surface area contributed by atoms with Crippen LogP contribution in [-0.4, -0.2) is 50.3 Å². The molecule has 0 aromatic heterocycles. The lowest BCUT2D eigenvalue weighted by Gasteiger charge is -2.26. The number of hydrogen-bond donors (Lipinski definition) is 1. The molecular weight excluding hydrogens is 390 g/mol. The van der Waals surface area contributed by atoms with Crippen LogP contribution in [0.2, 0.25) is 0 Å². The van der Waals surface area contributed by atoms with Crippen LogP contribution in [-0.2, 0) is 4.74 Å². The Morgan fingerprint density at radius 2 is 1.70 bits per heavy atom. The summed E-state index contributed by atoms with van der Waals surface area (Å²) >= 11 is 0. The van der Waals surface area contributed by atoms with Crippen LogP contribution in [0.4, 0.5) is 14.5 Å². The maximum absolute atomic E-state index is 13.4. The highest BCUT2D eigenvalue weighted by Gasteiger charge is 2.14. The maximum Gasteiger partial charge on any atom is 0.255 e. The Hall–Kier alpha value is -3.03. The lowest BCUT2D eigenvalue weighted by atomic mass is 10.1. The van der Waals surface area contributed by atoms with E-state index in [2.05, 4.69) is 10.2 Å². The normalized spacial score (nSPS) is 14.6. The predicted molar refractivity (Wildman–Crippen MR) is 111 cm³/mol. The van der Waals surface area contributed by atoms with Gasteiger partial charge in [-0.15, -0.1) is 0 Å². The molecule has 3 aromatic rings. The molecule has 4 rings (SSSR count). The standard InChI is InChI=1S/C23H22F2N2O3/c24-17-13-16(14-18(25)15-17)23(28)26-21-5-6-22(20-4-2-1-3-19(20)21)30-12-9-27-7-10-29-11-8-27/h1-6,13-15H,7-12H2,(H,26,28). The van der Waals surface area contributed by atoms with Crippen molar-refractivity contribution < 1.29 is 23.0 Å². The summed E-state index contributed by atoms with van der Waals surface area (Å²) in [5.41, 5.74) is 0.461. The van der Waals surface area contributed by atoms with E-state index in [1.54, 1.807) is 12.1 Å².